The van der Waals surface area contributed by atoms with Crippen molar-refractivity contribution >= 4 is 17.2 Å². The topological polar surface area (TPSA) is 46.4 Å². The van der Waals surface area contributed by atoms with Crippen molar-refractivity contribution in [2.45, 2.75) is 33.1 Å². The Morgan fingerprint density at radius 3 is 2.83 bits per heavy atom. The summed E-state index contributed by atoms with van der Waals surface area (Å²) in [5.41, 5.74) is 6.00. The number of nitrogens with zero attached hydrogens (tertiary/aromatic N) is 2. The molecule has 2 heterocycles. The van der Waals surface area contributed by atoms with E-state index in [1.54, 1.807) is 0 Å². The quantitative estimate of drug-likeness (QED) is 0.777. The van der Waals surface area contributed by atoms with Crippen LogP contribution in [0.15, 0.2) is 42.7 Å². The number of amides is 1. The molecule has 1 saturated carbocycles. The number of fused-ring (bicyclic) bond motifs is 1. The summed E-state index contributed by atoms with van der Waals surface area (Å²) in [6, 6.07) is 10.2. The molecule has 0 aliphatic heterocycles. The highest BCUT2D eigenvalue weighted by molar-refractivity contribution is 5.92. The van der Waals surface area contributed by atoms with Gasteiger partial charge in [-0.15, -0.1) is 0 Å². The minimum absolute atomic E-state index is 0.114. The van der Waals surface area contributed by atoms with Gasteiger partial charge in [-0.05, 0) is 55.9 Å². The third-order valence-corrected chi connectivity index (χ3v) is 4.66. The molecule has 1 fully saturated rings. The van der Waals surface area contributed by atoms with Gasteiger partial charge in [0.25, 0.3) is 0 Å². The standard InChI is InChI=1S/C20H21N3O/c1-13-5-8-16(11-17(13)21-19(24)10-15-6-7-15)18-12-23-9-3-4-14(2)20(23)22-18/h3-5,8-9,11-12,15H,6-7,10H2,1-2H3,(H,21,24). The van der Waals surface area contributed by atoms with Crippen molar-refractivity contribution in [1.29, 1.82) is 0 Å². The van der Waals surface area contributed by atoms with E-state index in [0.29, 0.717) is 12.3 Å². The van der Waals surface area contributed by atoms with Crippen molar-refractivity contribution < 1.29 is 4.79 Å². The summed E-state index contributed by atoms with van der Waals surface area (Å²) in [6.45, 7) is 4.08. The zero-order chi connectivity index (χ0) is 16.7. The van der Waals surface area contributed by atoms with Crippen molar-refractivity contribution in [2.24, 2.45) is 5.92 Å². The molecule has 0 bridgehead atoms. The van der Waals surface area contributed by atoms with Crippen LogP contribution in [0, 0.1) is 19.8 Å². The second kappa shape index (κ2) is 5.78. The van der Waals surface area contributed by atoms with Gasteiger partial charge in [-0.3, -0.25) is 4.79 Å². The lowest BCUT2D eigenvalue weighted by atomic mass is 10.1. The molecule has 1 amide bonds. The Morgan fingerprint density at radius 2 is 2.08 bits per heavy atom. The van der Waals surface area contributed by atoms with Gasteiger partial charge < -0.3 is 9.72 Å². The van der Waals surface area contributed by atoms with Crippen LogP contribution in [-0.4, -0.2) is 15.3 Å². The van der Waals surface area contributed by atoms with E-state index in [0.717, 1.165) is 33.7 Å². The minimum Gasteiger partial charge on any atom is -0.326 e. The molecule has 1 aliphatic carbocycles. The molecule has 0 atom stereocenters. The molecule has 24 heavy (non-hydrogen) atoms. The molecular weight excluding hydrogens is 298 g/mol. The summed E-state index contributed by atoms with van der Waals surface area (Å²) in [4.78, 5) is 16.9. The lowest BCUT2D eigenvalue weighted by Crippen LogP contribution is -2.12. The molecule has 1 aliphatic rings. The molecule has 1 N–H and O–H groups in total. The summed E-state index contributed by atoms with van der Waals surface area (Å²) >= 11 is 0. The molecule has 4 heteroatoms. The number of rotatable bonds is 4. The maximum atomic E-state index is 12.1. The molecule has 3 aromatic rings. The van der Waals surface area contributed by atoms with E-state index in [4.69, 9.17) is 4.98 Å². The van der Waals surface area contributed by atoms with E-state index in [1.807, 2.05) is 41.9 Å². The first-order valence-corrected chi connectivity index (χ1v) is 8.45. The van der Waals surface area contributed by atoms with Gasteiger partial charge in [-0.1, -0.05) is 18.2 Å². The first-order chi connectivity index (χ1) is 11.6. The minimum atomic E-state index is 0.114. The average Bonchev–Trinajstić information content (AvgIpc) is 3.24. The summed E-state index contributed by atoms with van der Waals surface area (Å²) in [7, 11) is 0. The predicted molar refractivity (Wildman–Crippen MR) is 96.1 cm³/mol. The molecule has 1 aromatic carbocycles. The van der Waals surface area contributed by atoms with Gasteiger partial charge in [0.1, 0.15) is 5.65 Å². The molecule has 4 nitrogen and oxygen atoms in total. The van der Waals surface area contributed by atoms with Gasteiger partial charge in [0.05, 0.1) is 5.69 Å². The first kappa shape index (κ1) is 14.9. The van der Waals surface area contributed by atoms with Gasteiger partial charge in [0, 0.05) is 30.1 Å². The van der Waals surface area contributed by atoms with Crippen molar-refractivity contribution in [1.82, 2.24) is 9.38 Å². The molecule has 0 radical (unpaired) electrons. The normalized spacial score (nSPS) is 14.1. The number of carbonyl (C=O) groups excluding carboxylic acids is 1. The summed E-state index contributed by atoms with van der Waals surface area (Å²) in [5, 5.41) is 3.06. The van der Waals surface area contributed by atoms with Crippen LogP contribution in [0.4, 0.5) is 5.69 Å². The molecule has 0 saturated heterocycles. The zero-order valence-electron chi connectivity index (χ0n) is 14.0. The highest BCUT2D eigenvalue weighted by atomic mass is 16.1. The Balaban J connectivity index is 1.65. The molecule has 2 aromatic heterocycles. The van der Waals surface area contributed by atoms with Gasteiger partial charge in [-0.2, -0.15) is 0 Å². The van der Waals surface area contributed by atoms with E-state index < -0.39 is 0 Å². The van der Waals surface area contributed by atoms with Crippen LogP contribution >= 0.6 is 0 Å². The number of imidazole rings is 1. The summed E-state index contributed by atoms with van der Waals surface area (Å²) in [6.07, 6.45) is 7.05. The number of aromatic nitrogens is 2. The number of carbonyl (C=O) groups is 1. The Kier molecular flexibility index (Phi) is 3.60. The van der Waals surface area contributed by atoms with Crippen molar-refractivity contribution in [3.8, 4) is 11.3 Å². The highest BCUT2D eigenvalue weighted by Crippen LogP contribution is 2.33. The van der Waals surface area contributed by atoms with Crippen LogP contribution in [-0.2, 0) is 4.79 Å². The number of anilines is 1. The monoisotopic (exact) mass is 319 g/mol. The summed E-state index contributed by atoms with van der Waals surface area (Å²) < 4.78 is 2.04. The van der Waals surface area contributed by atoms with Gasteiger partial charge >= 0.3 is 0 Å². The fourth-order valence-electron chi connectivity index (χ4n) is 2.99. The number of aryl methyl sites for hydroxylation is 2. The van der Waals surface area contributed by atoms with Crippen LogP contribution in [0.3, 0.4) is 0 Å². The maximum absolute atomic E-state index is 12.1. The van der Waals surface area contributed by atoms with Crippen LogP contribution in [0.2, 0.25) is 0 Å². The molecule has 0 unspecified atom stereocenters. The largest absolute Gasteiger partial charge is 0.326 e. The number of pyridine rings is 1. The van der Waals surface area contributed by atoms with E-state index in [1.165, 1.54) is 12.8 Å². The van der Waals surface area contributed by atoms with Crippen LogP contribution < -0.4 is 5.32 Å². The third kappa shape index (κ3) is 2.92. The number of hydrogen-bond donors (Lipinski definition) is 1. The molecule has 4 rings (SSSR count). The van der Waals surface area contributed by atoms with Crippen LogP contribution in [0.1, 0.15) is 30.4 Å². The lowest BCUT2D eigenvalue weighted by Gasteiger charge is -2.09. The zero-order valence-corrected chi connectivity index (χ0v) is 14.0. The third-order valence-electron chi connectivity index (χ3n) is 4.66. The Morgan fingerprint density at radius 1 is 1.25 bits per heavy atom. The highest BCUT2D eigenvalue weighted by Gasteiger charge is 2.24. The first-order valence-electron chi connectivity index (χ1n) is 8.45. The van der Waals surface area contributed by atoms with Gasteiger partial charge in [0.15, 0.2) is 0 Å². The van der Waals surface area contributed by atoms with E-state index in [-0.39, 0.29) is 5.91 Å². The van der Waals surface area contributed by atoms with Crippen molar-refractivity contribution in [3.63, 3.8) is 0 Å². The van der Waals surface area contributed by atoms with Crippen molar-refractivity contribution in [3.05, 3.63) is 53.9 Å². The van der Waals surface area contributed by atoms with E-state index in [2.05, 4.69) is 24.4 Å². The number of benzene rings is 1. The fourth-order valence-corrected chi connectivity index (χ4v) is 2.99. The number of nitrogens with one attached hydrogen (secondary N) is 1. The fraction of sp³-hybridized carbons (Fsp3) is 0.300. The lowest BCUT2D eigenvalue weighted by molar-refractivity contribution is -0.116. The second-order valence-corrected chi connectivity index (χ2v) is 6.77. The van der Waals surface area contributed by atoms with Crippen LogP contribution in [0.25, 0.3) is 16.9 Å². The Hall–Kier alpha value is -2.62. The van der Waals surface area contributed by atoms with Crippen molar-refractivity contribution in [2.75, 3.05) is 5.32 Å². The number of hydrogen-bond acceptors (Lipinski definition) is 2. The van der Waals surface area contributed by atoms with Gasteiger partial charge in [-0.25, -0.2) is 4.98 Å². The van der Waals surface area contributed by atoms with Gasteiger partial charge in [0.2, 0.25) is 5.91 Å². The molecular formula is C20H21N3O. The average molecular weight is 319 g/mol. The van der Waals surface area contributed by atoms with E-state index >= 15 is 0 Å². The molecule has 122 valence electrons. The van der Waals surface area contributed by atoms with Crippen LogP contribution in [0.5, 0.6) is 0 Å². The maximum Gasteiger partial charge on any atom is 0.224 e. The Labute approximate surface area is 141 Å². The van der Waals surface area contributed by atoms with E-state index in [9.17, 15) is 4.79 Å². The molecule has 0 spiro atoms. The second-order valence-electron chi connectivity index (χ2n) is 6.77. The summed E-state index contributed by atoms with van der Waals surface area (Å²) in [5.74, 6) is 0.707. The Bertz CT molecular complexity index is 922. The SMILES string of the molecule is Cc1ccc(-c2cn3cccc(C)c3n2)cc1NC(=O)CC1CC1. The smallest absolute Gasteiger partial charge is 0.224 e. The predicted octanol–water partition coefficient (Wildman–Crippen LogP) is 4.36.